The summed E-state index contributed by atoms with van der Waals surface area (Å²) in [5.74, 6) is 0.673. The van der Waals surface area contributed by atoms with Gasteiger partial charge >= 0.3 is 6.03 Å². The molecule has 0 aliphatic carbocycles. The van der Waals surface area contributed by atoms with Gasteiger partial charge in [0.05, 0.1) is 33.4 Å². The zero-order chi connectivity index (χ0) is 22.8. The molecule has 2 unspecified atom stereocenters. The monoisotopic (exact) mass is 459 g/mol. The minimum Gasteiger partial charge on any atom is -0.493 e. The van der Waals surface area contributed by atoms with Crippen molar-refractivity contribution >= 4 is 34.9 Å². The number of ether oxygens (including phenoxy) is 3. The summed E-state index contributed by atoms with van der Waals surface area (Å²) in [6.07, 6.45) is 1.28. The molecule has 2 saturated heterocycles. The molecule has 32 heavy (non-hydrogen) atoms. The maximum atomic E-state index is 13.2. The predicted octanol–water partition coefficient (Wildman–Crippen LogP) is 2.43. The van der Waals surface area contributed by atoms with E-state index in [2.05, 4.69) is 5.32 Å². The van der Waals surface area contributed by atoms with Crippen LogP contribution in [0.25, 0.3) is 0 Å². The normalized spacial score (nSPS) is 20.2. The number of urea groups is 1. The van der Waals surface area contributed by atoms with Gasteiger partial charge in [-0.3, -0.25) is 9.59 Å². The number of nitrogens with zero attached hydrogens (tertiary/aromatic N) is 2. The molecule has 4 rings (SSSR count). The Labute approximate surface area is 189 Å². The maximum absolute atomic E-state index is 13.2. The number of rotatable bonds is 7. The van der Waals surface area contributed by atoms with Crippen LogP contribution in [0.5, 0.6) is 17.2 Å². The average Bonchev–Trinajstić information content (AvgIpc) is 3.38. The van der Waals surface area contributed by atoms with Crippen molar-refractivity contribution < 1.29 is 28.6 Å². The molecule has 9 nitrogen and oxygen atoms in total. The zero-order valence-electron chi connectivity index (χ0n) is 18.1. The summed E-state index contributed by atoms with van der Waals surface area (Å²) in [5.41, 5.74) is 0.349. The molecule has 1 N–H and O–H groups in total. The highest BCUT2D eigenvalue weighted by Crippen LogP contribution is 2.42. The van der Waals surface area contributed by atoms with E-state index in [0.29, 0.717) is 48.7 Å². The predicted molar refractivity (Wildman–Crippen MR) is 119 cm³/mol. The molecule has 1 aromatic carbocycles. The number of hydrogen-bond donors (Lipinski definition) is 1. The van der Waals surface area contributed by atoms with Crippen LogP contribution in [0, 0.1) is 0 Å². The molecule has 0 saturated carbocycles. The van der Waals surface area contributed by atoms with Crippen LogP contribution in [-0.2, 0) is 16.0 Å². The van der Waals surface area contributed by atoms with E-state index >= 15 is 0 Å². The lowest BCUT2D eigenvalue weighted by atomic mass is 9.97. The van der Waals surface area contributed by atoms with Crippen LogP contribution < -0.4 is 24.4 Å². The van der Waals surface area contributed by atoms with E-state index in [4.69, 9.17) is 14.2 Å². The summed E-state index contributed by atoms with van der Waals surface area (Å²) in [4.78, 5) is 42.4. The average molecular weight is 460 g/mol. The third-order valence-corrected chi connectivity index (χ3v) is 6.61. The molecule has 2 aliphatic rings. The third kappa shape index (κ3) is 3.97. The first-order valence-electron chi connectivity index (χ1n) is 10.2. The number of carbonyl (C=O) groups is 3. The van der Waals surface area contributed by atoms with E-state index in [1.165, 1.54) is 32.7 Å². The van der Waals surface area contributed by atoms with Crippen molar-refractivity contribution in [3.8, 4) is 17.2 Å². The molecule has 2 fully saturated rings. The fraction of sp³-hybridized carbons (Fsp3) is 0.409. The van der Waals surface area contributed by atoms with Gasteiger partial charge in [0.2, 0.25) is 11.7 Å². The minimum atomic E-state index is -0.623. The summed E-state index contributed by atoms with van der Waals surface area (Å²) >= 11 is 1.53. The van der Waals surface area contributed by atoms with Crippen molar-refractivity contribution in [3.63, 3.8) is 0 Å². The lowest BCUT2D eigenvalue weighted by molar-refractivity contribution is -0.124. The van der Waals surface area contributed by atoms with Crippen LogP contribution in [0.15, 0.2) is 29.6 Å². The maximum Gasteiger partial charge on any atom is 0.332 e. The fourth-order valence-electron chi connectivity index (χ4n) is 4.22. The highest BCUT2D eigenvalue weighted by atomic mass is 32.1. The Balaban J connectivity index is 1.51. The molecule has 1 aromatic heterocycles. The first-order valence-corrected chi connectivity index (χ1v) is 11.1. The molecule has 0 spiro atoms. The molecule has 4 amide bonds. The molecule has 170 valence electrons. The van der Waals surface area contributed by atoms with E-state index in [1.54, 1.807) is 17.0 Å². The molecular weight excluding hydrogens is 434 g/mol. The van der Waals surface area contributed by atoms with Crippen molar-refractivity contribution in [1.82, 2.24) is 10.2 Å². The van der Waals surface area contributed by atoms with Crippen LogP contribution in [0.1, 0.15) is 17.7 Å². The Hall–Kier alpha value is -3.27. The van der Waals surface area contributed by atoms with Crippen molar-refractivity contribution in [2.45, 2.75) is 31.3 Å². The number of benzene rings is 1. The molecular formula is C22H25N3O6S. The summed E-state index contributed by atoms with van der Waals surface area (Å²) in [6, 6.07) is 5.81. The van der Waals surface area contributed by atoms with Crippen molar-refractivity contribution in [2.24, 2.45) is 0 Å². The number of anilines is 1. The number of fused-ring (bicyclic) bond motifs is 1. The first-order chi connectivity index (χ1) is 15.5. The van der Waals surface area contributed by atoms with Crippen molar-refractivity contribution in [1.29, 1.82) is 0 Å². The molecule has 0 radical (unpaired) electrons. The smallest absolute Gasteiger partial charge is 0.332 e. The van der Waals surface area contributed by atoms with Gasteiger partial charge in [0.1, 0.15) is 6.04 Å². The summed E-state index contributed by atoms with van der Waals surface area (Å²) in [6.45, 7) is 0.389. The summed E-state index contributed by atoms with van der Waals surface area (Å²) in [5, 5.41) is 4.95. The number of imide groups is 1. The van der Waals surface area contributed by atoms with Crippen LogP contribution in [0.3, 0.4) is 0 Å². The van der Waals surface area contributed by atoms with E-state index in [9.17, 15) is 14.4 Å². The van der Waals surface area contributed by atoms with E-state index in [1.807, 2.05) is 17.5 Å². The van der Waals surface area contributed by atoms with Crippen LogP contribution >= 0.6 is 11.3 Å². The van der Waals surface area contributed by atoms with Gasteiger partial charge in [0.15, 0.2) is 11.5 Å². The Morgan fingerprint density at radius 1 is 1.16 bits per heavy atom. The van der Waals surface area contributed by atoms with E-state index in [0.717, 1.165) is 9.78 Å². The molecule has 10 heteroatoms. The number of carbonyl (C=O) groups excluding carboxylic acids is 3. The topological polar surface area (TPSA) is 97.4 Å². The van der Waals surface area contributed by atoms with Crippen LogP contribution in [0.2, 0.25) is 0 Å². The highest BCUT2D eigenvalue weighted by molar-refractivity contribution is 7.10. The second kappa shape index (κ2) is 9.07. The Morgan fingerprint density at radius 3 is 2.47 bits per heavy atom. The van der Waals surface area contributed by atoms with E-state index < -0.39 is 12.1 Å². The van der Waals surface area contributed by atoms with Crippen molar-refractivity contribution in [3.05, 3.63) is 34.5 Å². The van der Waals surface area contributed by atoms with Gasteiger partial charge in [0, 0.05) is 29.6 Å². The quantitative estimate of drug-likeness (QED) is 0.639. The van der Waals surface area contributed by atoms with Gasteiger partial charge in [-0.05, 0) is 24.3 Å². The SMILES string of the molecule is COc1cc(N2C(=O)C3CC(NC(=O)Cc4cccs4)CCN3C2=O)cc(OC)c1OC. The summed E-state index contributed by atoms with van der Waals surface area (Å²) in [7, 11) is 4.43. The largest absolute Gasteiger partial charge is 0.493 e. The number of nitrogens with one attached hydrogen (secondary N) is 1. The van der Waals surface area contributed by atoms with Gasteiger partial charge < -0.3 is 24.4 Å². The van der Waals surface area contributed by atoms with E-state index in [-0.39, 0.29) is 17.9 Å². The Bertz CT molecular complexity index is 1000. The number of amides is 4. The summed E-state index contributed by atoms with van der Waals surface area (Å²) < 4.78 is 16.0. The molecule has 2 aromatic rings. The van der Waals surface area contributed by atoms with Gasteiger partial charge in [0.25, 0.3) is 5.91 Å². The number of methoxy groups -OCH3 is 3. The standard InChI is InChI=1S/C22H25N3O6S/c1-29-17-10-14(11-18(30-2)20(17)31-3)25-21(27)16-9-13(6-7-24(16)22(25)28)23-19(26)12-15-5-4-8-32-15/h4-5,8,10-11,13,16H,6-7,9,12H2,1-3H3,(H,23,26). The number of piperidine rings is 1. The van der Waals surface area contributed by atoms with Gasteiger partial charge in [-0.25, -0.2) is 9.69 Å². The molecule has 3 heterocycles. The van der Waals surface area contributed by atoms with Crippen molar-refractivity contribution in [2.75, 3.05) is 32.8 Å². The third-order valence-electron chi connectivity index (χ3n) is 5.73. The molecule has 0 bridgehead atoms. The number of hydrogen-bond acceptors (Lipinski definition) is 7. The molecule has 2 atom stereocenters. The second-order valence-electron chi connectivity index (χ2n) is 7.59. The first kappa shape index (κ1) is 21.9. The minimum absolute atomic E-state index is 0.0795. The number of thiophene rings is 1. The van der Waals surface area contributed by atoms with Crippen LogP contribution in [0.4, 0.5) is 10.5 Å². The van der Waals surface area contributed by atoms with Gasteiger partial charge in [-0.1, -0.05) is 6.07 Å². The lowest BCUT2D eigenvalue weighted by Gasteiger charge is -2.32. The van der Waals surface area contributed by atoms with Crippen LogP contribution in [-0.4, -0.2) is 62.7 Å². The van der Waals surface area contributed by atoms with Gasteiger partial charge in [-0.15, -0.1) is 11.3 Å². The Morgan fingerprint density at radius 2 is 1.88 bits per heavy atom. The zero-order valence-corrected chi connectivity index (χ0v) is 18.9. The Kier molecular flexibility index (Phi) is 6.22. The highest BCUT2D eigenvalue weighted by Gasteiger charge is 2.49. The lowest BCUT2D eigenvalue weighted by Crippen LogP contribution is -2.50. The second-order valence-corrected chi connectivity index (χ2v) is 8.63. The van der Waals surface area contributed by atoms with Gasteiger partial charge in [-0.2, -0.15) is 0 Å². The molecule has 2 aliphatic heterocycles. The fourth-order valence-corrected chi connectivity index (χ4v) is 4.92.